The molecule has 1 aliphatic rings. The second-order valence-corrected chi connectivity index (χ2v) is 13.2. The predicted molar refractivity (Wildman–Crippen MR) is 199 cm³/mol. The summed E-state index contributed by atoms with van der Waals surface area (Å²) in [4.78, 5) is 14.7. The van der Waals surface area contributed by atoms with Crippen molar-refractivity contribution in [3.63, 3.8) is 0 Å². The van der Waals surface area contributed by atoms with Gasteiger partial charge in [-0.05, 0) is 52.9 Å². The van der Waals surface area contributed by atoms with Gasteiger partial charge in [0.25, 0.3) is 0 Å². The molecule has 2 amide bonds. The number of aliphatic hydroxyl groups is 2. The highest BCUT2D eigenvalue weighted by atomic mass is 16.7. The Bertz CT molecular complexity index is 1820. The summed E-state index contributed by atoms with van der Waals surface area (Å²) in [6, 6.07) is 43.3. The maximum absolute atomic E-state index is 12.6. The van der Waals surface area contributed by atoms with Crippen molar-refractivity contribution in [3.8, 4) is 11.1 Å². The number of nitrogens with one attached hydrogen (secondary N) is 2. The van der Waals surface area contributed by atoms with Gasteiger partial charge in [-0.3, -0.25) is 4.90 Å². The minimum Gasteiger partial charge on any atom is -0.392 e. The van der Waals surface area contributed by atoms with Gasteiger partial charge in [0, 0.05) is 37.7 Å². The molecule has 5 aromatic rings. The van der Waals surface area contributed by atoms with Gasteiger partial charge in [-0.2, -0.15) is 0 Å². The van der Waals surface area contributed by atoms with E-state index in [2.05, 4.69) is 33.7 Å². The van der Waals surface area contributed by atoms with Gasteiger partial charge in [-0.25, -0.2) is 4.79 Å². The Balaban J connectivity index is 1.15. The molecule has 264 valence electrons. The molecule has 51 heavy (non-hydrogen) atoms. The van der Waals surface area contributed by atoms with Gasteiger partial charge in [0.2, 0.25) is 0 Å². The highest BCUT2D eigenvalue weighted by molar-refractivity contribution is 5.75. The third-order valence-electron chi connectivity index (χ3n) is 9.65. The second-order valence-electron chi connectivity index (χ2n) is 13.2. The van der Waals surface area contributed by atoms with E-state index in [1.165, 1.54) is 0 Å². The average Bonchev–Trinajstić information content (AvgIpc) is 3.19. The lowest BCUT2D eigenvalue weighted by molar-refractivity contribution is -0.253. The van der Waals surface area contributed by atoms with Gasteiger partial charge in [0.05, 0.1) is 24.9 Å². The number of carbonyl (C=O) groups excluding carboxylic acids is 1. The molecule has 8 nitrogen and oxygen atoms in total. The Morgan fingerprint density at radius 1 is 0.765 bits per heavy atom. The number of ether oxygens (including phenoxy) is 2. The van der Waals surface area contributed by atoms with E-state index in [9.17, 15) is 15.0 Å². The summed E-state index contributed by atoms with van der Waals surface area (Å²) in [6.07, 6.45) is -0.980. The maximum Gasteiger partial charge on any atom is 0.315 e. The van der Waals surface area contributed by atoms with E-state index in [0.717, 1.165) is 44.5 Å². The molecular weight excluding hydrogens is 638 g/mol. The van der Waals surface area contributed by atoms with Crippen molar-refractivity contribution < 1.29 is 24.5 Å². The molecule has 0 radical (unpaired) electrons. The number of likely N-dealkylation sites (N-methyl/N-ethyl adjacent to an activating group) is 1. The summed E-state index contributed by atoms with van der Waals surface area (Å²) in [6.45, 7) is 3.47. The van der Waals surface area contributed by atoms with Gasteiger partial charge in [-0.15, -0.1) is 0 Å². The van der Waals surface area contributed by atoms with E-state index < -0.39 is 12.4 Å². The van der Waals surface area contributed by atoms with Crippen LogP contribution in [-0.2, 0) is 29.2 Å². The van der Waals surface area contributed by atoms with Crippen molar-refractivity contribution in [1.29, 1.82) is 0 Å². The van der Waals surface area contributed by atoms with Crippen LogP contribution in [0.25, 0.3) is 11.1 Å². The summed E-state index contributed by atoms with van der Waals surface area (Å²) >= 11 is 0. The molecule has 8 heteroatoms. The molecule has 1 aliphatic heterocycles. The van der Waals surface area contributed by atoms with Gasteiger partial charge in [-0.1, -0.05) is 133 Å². The zero-order valence-electron chi connectivity index (χ0n) is 29.2. The number of benzene rings is 5. The lowest BCUT2D eigenvalue weighted by atomic mass is 9.97. The number of amides is 2. The van der Waals surface area contributed by atoms with Crippen molar-refractivity contribution in [2.45, 2.75) is 63.7 Å². The van der Waals surface area contributed by atoms with Crippen LogP contribution in [0, 0.1) is 0 Å². The fourth-order valence-electron chi connectivity index (χ4n) is 6.48. The molecule has 1 fully saturated rings. The van der Waals surface area contributed by atoms with Crippen LogP contribution >= 0.6 is 0 Å². The summed E-state index contributed by atoms with van der Waals surface area (Å²) in [7, 11) is 2.02. The predicted octanol–water partition coefficient (Wildman–Crippen LogP) is 7.44. The summed E-state index contributed by atoms with van der Waals surface area (Å²) in [5.41, 5.74) is 7.76. The zero-order chi connectivity index (χ0) is 35.6. The van der Waals surface area contributed by atoms with Crippen LogP contribution in [0.1, 0.15) is 65.2 Å². The number of hydrogen-bond acceptors (Lipinski definition) is 6. The molecule has 0 bridgehead atoms. The minimum absolute atomic E-state index is 0.0143. The fourth-order valence-corrected chi connectivity index (χ4v) is 6.48. The first-order chi connectivity index (χ1) is 24.9. The van der Waals surface area contributed by atoms with E-state index in [4.69, 9.17) is 9.47 Å². The van der Waals surface area contributed by atoms with E-state index in [0.29, 0.717) is 26.1 Å². The minimum atomic E-state index is -0.636. The number of nitrogens with zero attached hydrogens (tertiary/aromatic N) is 1. The maximum atomic E-state index is 12.6. The molecule has 0 aromatic heterocycles. The largest absolute Gasteiger partial charge is 0.392 e. The standard InChI is InChI=1S/C43H47N3O5/c1-30(41(48)35-13-7-4-8-14-35)46(2)28-38-25-40(34-19-17-32(29-47)18-20-34)51-42(50-38)36-23-21-33(22-24-36)39-16-10-9-15-37(39)27-45-43(49)44-26-31-11-5-3-6-12-31/h3-24,30,38,40-42,47-48H,25-29H2,1-2H3,(H2,44,45,49)/t30-,38-,40+,41-,42+/m1/s1. The molecule has 1 saturated heterocycles. The molecule has 5 atom stereocenters. The molecule has 0 saturated carbocycles. The first-order valence-electron chi connectivity index (χ1n) is 17.6. The zero-order valence-corrected chi connectivity index (χ0v) is 29.2. The molecule has 6 rings (SSSR count). The van der Waals surface area contributed by atoms with E-state index in [-0.39, 0.29) is 30.9 Å². The van der Waals surface area contributed by atoms with Crippen molar-refractivity contribution >= 4 is 6.03 Å². The smallest absolute Gasteiger partial charge is 0.315 e. The molecule has 0 unspecified atom stereocenters. The number of urea groups is 1. The van der Waals surface area contributed by atoms with Crippen LogP contribution in [0.3, 0.4) is 0 Å². The van der Waals surface area contributed by atoms with Gasteiger partial charge in [0.15, 0.2) is 6.29 Å². The van der Waals surface area contributed by atoms with E-state index >= 15 is 0 Å². The third kappa shape index (κ3) is 9.49. The van der Waals surface area contributed by atoms with Crippen molar-refractivity contribution in [1.82, 2.24) is 15.5 Å². The van der Waals surface area contributed by atoms with Crippen molar-refractivity contribution in [2.24, 2.45) is 0 Å². The van der Waals surface area contributed by atoms with Gasteiger partial charge >= 0.3 is 6.03 Å². The topological polar surface area (TPSA) is 103 Å². The Morgan fingerprint density at radius 2 is 1.39 bits per heavy atom. The number of carbonyl (C=O) groups is 1. The van der Waals surface area contributed by atoms with Crippen LogP contribution in [0.5, 0.6) is 0 Å². The number of aliphatic hydroxyl groups excluding tert-OH is 2. The molecule has 4 N–H and O–H groups in total. The molecule has 0 spiro atoms. The normalized spacial score (nSPS) is 18.6. The molecule has 5 aromatic carbocycles. The lowest BCUT2D eigenvalue weighted by Gasteiger charge is -2.39. The molecular formula is C43H47N3O5. The average molecular weight is 686 g/mol. The fraction of sp³-hybridized carbons (Fsp3) is 0.279. The number of hydrogen-bond donors (Lipinski definition) is 4. The van der Waals surface area contributed by atoms with Crippen LogP contribution in [0.15, 0.2) is 133 Å². The molecule has 1 heterocycles. The van der Waals surface area contributed by atoms with Crippen LogP contribution in [0.4, 0.5) is 4.79 Å². The first-order valence-corrected chi connectivity index (χ1v) is 17.6. The van der Waals surface area contributed by atoms with Crippen LogP contribution in [-0.4, -0.2) is 46.9 Å². The Morgan fingerprint density at radius 3 is 2.10 bits per heavy atom. The van der Waals surface area contributed by atoms with Gasteiger partial charge < -0.3 is 30.3 Å². The SMILES string of the molecule is C[C@H]([C@@H](O)c1ccccc1)N(C)C[C@H]1C[C@@H](c2ccc(CO)cc2)O[C@@H](c2ccc(-c3ccccc3CNC(=O)NCc3ccccc3)cc2)O1. The van der Waals surface area contributed by atoms with Gasteiger partial charge in [0.1, 0.15) is 0 Å². The Kier molecular flexibility index (Phi) is 12.3. The molecule has 0 aliphatic carbocycles. The van der Waals surface area contributed by atoms with Crippen LogP contribution < -0.4 is 10.6 Å². The monoisotopic (exact) mass is 685 g/mol. The van der Waals surface area contributed by atoms with E-state index in [1.807, 2.05) is 129 Å². The lowest BCUT2D eigenvalue weighted by Crippen LogP contribution is -2.43. The summed E-state index contributed by atoms with van der Waals surface area (Å²) in [5.74, 6) is 0. The Hall–Kier alpha value is -4.83. The van der Waals surface area contributed by atoms with Crippen molar-refractivity contribution in [2.75, 3.05) is 13.6 Å². The number of rotatable bonds is 13. The quantitative estimate of drug-likeness (QED) is 0.103. The second kappa shape index (κ2) is 17.4. The van der Waals surface area contributed by atoms with Crippen molar-refractivity contribution in [3.05, 3.63) is 167 Å². The van der Waals surface area contributed by atoms with Crippen LogP contribution in [0.2, 0.25) is 0 Å². The Labute approximate surface area is 300 Å². The highest BCUT2D eigenvalue weighted by Crippen LogP contribution is 2.39. The third-order valence-corrected chi connectivity index (χ3v) is 9.65. The summed E-state index contributed by atoms with van der Waals surface area (Å²) in [5, 5.41) is 26.6. The highest BCUT2D eigenvalue weighted by Gasteiger charge is 2.34. The first kappa shape index (κ1) is 36.0. The van der Waals surface area contributed by atoms with E-state index in [1.54, 1.807) is 0 Å². The summed E-state index contributed by atoms with van der Waals surface area (Å²) < 4.78 is 13.2.